The molecular formula is C15H30N2. The monoisotopic (exact) mass is 238 g/mol. The molecule has 1 saturated heterocycles. The summed E-state index contributed by atoms with van der Waals surface area (Å²) in [4.78, 5) is 2.68. The van der Waals surface area contributed by atoms with Gasteiger partial charge < -0.3 is 5.73 Å². The van der Waals surface area contributed by atoms with E-state index in [1.54, 1.807) is 0 Å². The second-order valence-electron chi connectivity index (χ2n) is 6.19. The number of nitrogens with two attached hydrogens (primary N) is 1. The third-order valence-electron chi connectivity index (χ3n) is 5.01. The van der Waals surface area contributed by atoms with E-state index in [0.717, 1.165) is 18.4 Å². The van der Waals surface area contributed by atoms with Gasteiger partial charge in [0.15, 0.2) is 0 Å². The highest BCUT2D eigenvalue weighted by atomic mass is 15.2. The summed E-state index contributed by atoms with van der Waals surface area (Å²) < 4.78 is 0. The molecule has 1 heterocycles. The third-order valence-corrected chi connectivity index (χ3v) is 5.01. The molecule has 1 aliphatic carbocycles. The minimum absolute atomic E-state index is 0.676. The van der Waals surface area contributed by atoms with Crippen LogP contribution < -0.4 is 5.73 Å². The van der Waals surface area contributed by atoms with Crippen LogP contribution in [0.15, 0.2) is 0 Å². The fraction of sp³-hybridized carbons (Fsp3) is 1.00. The van der Waals surface area contributed by atoms with Gasteiger partial charge in [0.2, 0.25) is 0 Å². The van der Waals surface area contributed by atoms with Crippen LogP contribution in [-0.2, 0) is 0 Å². The van der Waals surface area contributed by atoms with E-state index in [2.05, 4.69) is 11.8 Å². The number of hydrogen-bond acceptors (Lipinski definition) is 2. The zero-order valence-electron chi connectivity index (χ0n) is 11.5. The van der Waals surface area contributed by atoms with Gasteiger partial charge in [-0.1, -0.05) is 45.4 Å². The molecule has 100 valence electrons. The number of rotatable bonds is 5. The largest absolute Gasteiger partial charge is 0.329 e. The quantitative estimate of drug-likeness (QED) is 0.798. The molecule has 2 nitrogen and oxygen atoms in total. The van der Waals surface area contributed by atoms with Crippen molar-refractivity contribution in [3.8, 4) is 0 Å². The zero-order chi connectivity index (χ0) is 12.1. The first-order chi connectivity index (χ1) is 8.33. The Labute approximate surface area is 107 Å². The maximum absolute atomic E-state index is 6.01. The molecule has 0 aromatic heterocycles. The Morgan fingerprint density at radius 1 is 1.12 bits per heavy atom. The predicted octanol–water partition coefficient (Wildman–Crippen LogP) is 3.02. The number of hydrogen-bond donors (Lipinski definition) is 1. The third kappa shape index (κ3) is 3.69. The summed E-state index contributed by atoms with van der Waals surface area (Å²) in [7, 11) is 0. The number of likely N-dealkylation sites (tertiary alicyclic amines) is 1. The second kappa shape index (κ2) is 6.75. The fourth-order valence-corrected chi connectivity index (χ4v) is 3.73. The van der Waals surface area contributed by atoms with Gasteiger partial charge in [0.05, 0.1) is 0 Å². The van der Waals surface area contributed by atoms with E-state index >= 15 is 0 Å². The number of nitrogens with zero attached hydrogens (tertiary/aromatic N) is 1. The second-order valence-corrected chi connectivity index (χ2v) is 6.19. The molecule has 0 amide bonds. The van der Waals surface area contributed by atoms with Gasteiger partial charge in [0, 0.05) is 19.1 Å². The summed E-state index contributed by atoms with van der Waals surface area (Å²) in [5.41, 5.74) is 6.01. The van der Waals surface area contributed by atoms with Crippen LogP contribution in [0.1, 0.15) is 58.3 Å². The van der Waals surface area contributed by atoms with Crippen LogP contribution in [0.2, 0.25) is 0 Å². The van der Waals surface area contributed by atoms with Gasteiger partial charge in [0.1, 0.15) is 0 Å². The van der Waals surface area contributed by atoms with Crippen LogP contribution >= 0.6 is 0 Å². The van der Waals surface area contributed by atoms with Crippen LogP contribution in [0.25, 0.3) is 0 Å². The van der Waals surface area contributed by atoms with Crippen LogP contribution in [0.4, 0.5) is 0 Å². The van der Waals surface area contributed by atoms with Crippen molar-refractivity contribution in [3.05, 3.63) is 0 Å². The Balaban J connectivity index is 1.79. The Morgan fingerprint density at radius 2 is 1.88 bits per heavy atom. The lowest BCUT2D eigenvalue weighted by molar-refractivity contribution is 0.185. The van der Waals surface area contributed by atoms with Crippen molar-refractivity contribution in [2.24, 2.45) is 17.6 Å². The normalized spacial score (nSPS) is 29.6. The summed E-state index contributed by atoms with van der Waals surface area (Å²) in [6.07, 6.45) is 11.4. The van der Waals surface area contributed by atoms with E-state index in [-0.39, 0.29) is 0 Å². The van der Waals surface area contributed by atoms with Gasteiger partial charge in [-0.05, 0) is 31.2 Å². The maximum atomic E-state index is 6.01. The first kappa shape index (κ1) is 13.4. The average molecular weight is 238 g/mol. The predicted molar refractivity (Wildman–Crippen MR) is 74.0 cm³/mol. The van der Waals surface area contributed by atoms with E-state index in [1.807, 2.05) is 0 Å². The SMILES string of the molecule is CCC1CCN(C(CN)CC2CCCCC2)C1. The molecule has 0 aromatic carbocycles. The molecule has 17 heavy (non-hydrogen) atoms. The Morgan fingerprint density at radius 3 is 2.47 bits per heavy atom. The highest BCUT2D eigenvalue weighted by Gasteiger charge is 2.28. The summed E-state index contributed by atoms with van der Waals surface area (Å²) in [6, 6.07) is 0.676. The van der Waals surface area contributed by atoms with Gasteiger partial charge in [-0.15, -0.1) is 0 Å². The topological polar surface area (TPSA) is 29.3 Å². The molecule has 2 aliphatic rings. The summed E-state index contributed by atoms with van der Waals surface area (Å²) in [6.45, 7) is 5.80. The van der Waals surface area contributed by atoms with Crippen molar-refractivity contribution in [2.75, 3.05) is 19.6 Å². The Bertz CT molecular complexity index is 211. The fourth-order valence-electron chi connectivity index (χ4n) is 3.73. The van der Waals surface area contributed by atoms with Gasteiger partial charge in [0.25, 0.3) is 0 Å². The molecule has 1 saturated carbocycles. The molecule has 2 unspecified atom stereocenters. The molecule has 2 heteroatoms. The highest BCUT2D eigenvalue weighted by Crippen LogP contribution is 2.30. The van der Waals surface area contributed by atoms with Gasteiger partial charge in [-0.2, -0.15) is 0 Å². The van der Waals surface area contributed by atoms with E-state index < -0.39 is 0 Å². The van der Waals surface area contributed by atoms with E-state index in [1.165, 1.54) is 64.5 Å². The van der Waals surface area contributed by atoms with Crippen molar-refractivity contribution in [1.29, 1.82) is 0 Å². The van der Waals surface area contributed by atoms with E-state index in [9.17, 15) is 0 Å². The molecule has 0 aromatic rings. The molecule has 2 N–H and O–H groups in total. The van der Waals surface area contributed by atoms with Gasteiger partial charge >= 0.3 is 0 Å². The van der Waals surface area contributed by atoms with Gasteiger partial charge in [-0.25, -0.2) is 0 Å². The molecule has 2 atom stereocenters. The lowest BCUT2D eigenvalue weighted by Gasteiger charge is -2.32. The maximum Gasteiger partial charge on any atom is 0.0221 e. The molecule has 2 rings (SSSR count). The van der Waals surface area contributed by atoms with Crippen LogP contribution in [0.5, 0.6) is 0 Å². The molecule has 0 radical (unpaired) electrons. The van der Waals surface area contributed by atoms with Gasteiger partial charge in [-0.3, -0.25) is 4.90 Å². The van der Waals surface area contributed by atoms with E-state index in [4.69, 9.17) is 5.73 Å². The summed E-state index contributed by atoms with van der Waals surface area (Å²) in [5, 5.41) is 0. The smallest absolute Gasteiger partial charge is 0.0221 e. The molecule has 1 aliphatic heterocycles. The lowest BCUT2D eigenvalue weighted by atomic mass is 9.84. The zero-order valence-corrected chi connectivity index (χ0v) is 11.5. The van der Waals surface area contributed by atoms with E-state index in [0.29, 0.717) is 6.04 Å². The van der Waals surface area contributed by atoms with Crippen molar-refractivity contribution < 1.29 is 0 Å². The summed E-state index contributed by atoms with van der Waals surface area (Å²) >= 11 is 0. The van der Waals surface area contributed by atoms with Crippen molar-refractivity contribution in [1.82, 2.24) is 4.90 Å². The molecule has 2 fully saturated rings. The van der Waals surface area contributed by atoms with Crippen molar-refractivity contribution in [2.45, 2.75) is 64.3 Å². The first-order valence-electron chi connectivity index (χ1n) is 7.77. The molecule has 0 spiro atoms. The molecule has 0 bridgehead atoms. The Hall–Kier alpha value is -0.0800. The molecular weight excluding hydrogens is 208 g/mol. The highest BCUT2D eigenvalue weighted by molar-refractivity contribution is 4.83. The Kier molecular flexibility index (Phi) is 5.30. The van der Waals surface area contributed by atoms with Crippen LogP contribution in [0, 0.1) is 11.8 Å². The minimum atomic E-state index is 0.676. The van der Waals surface area contributed by atoms with Crippen LogP contribution in [0.3, 0.4) is 0 Å². The van der Waals surface area contributed by atoms with Crippen molar-refractivity contribution in [3.63, 3.8) is 0 Å². The van der Waals surface area contributed by atoms with Crippen LogP contribution in [-0.4, -0.2) is 30.6 Å². The average Bonchev–Trinajstić information content (AvgIpc) is 2.86. The van der Waals surface area contributed by atoms with Crippen molar-refractivity contribution >= 4 is 0 Å². The first-order valence-corrected chi connectivity index (χ1v) is 7.77. The lowest BCUT2D eigenvalue weighted by Crippen LogP contribution is -2.40. The summed E-state index contributed by atoms with van der Waals surface area (Å²) in [5.74, 6) is 1.91. The standard InChI is InChI=1S/C15H30N2/c1-2-13-8-9-17(12-13)15(11-16)10-14-6-4-3-5-7-14/h13-15H,2-12,16H2,1H3. The minimum Gasteiger partial charge on any atom is -0.329 e.